The first kappa shape index (κ1) is 12.9. The van der Waals surface area contributed by atoms with Crippen LogP contribution >= 0.6 is 23.2 Å². The van der Waals surface area contributed by atoms with Crippen molar-refractivity contribution in [1.29, 1.82) is 0 Å². The molecule has 3 rings (SSSR count). The zero-order chi connectivity index (χ0) is 14.3. The lowest BCUT2D eigenvalue weighted by atomic mass is 10.0. The smallest absolute Gasteiger partial charge is 0.314 e. The van der Waals surface area contributed by atoms with Gasteiger partial charge in [0.15, 0.2) is 0 Å². The maximum Gasteiger partial charge on any atom is 0.314 e. The van der Waals surface area contributed by atoms with Gasteiger partial charge in [0.2, 0.25) is 0 Å². The lowest BCUT2D eigenvalue weighted by Gasteiger charge is -2.10. The topological polar surface area (TPSA) is 78.6 Å². The van der Waals surface area contributed by atoms with E-state index in [0.29, 0.717) is 21.6 Å². The maximum atomic E-state index is 11.5. The van der Waals surface area contributed by atoms with Gasteiger partial charge < -0.3 is 9.97 Å². The minimum absolute atomic E-state index is 0.286. The number of hydrogen-bond acceptors (Lipinski definition) is 3. The number of fused-ring (bicyclic) bond motifs is 1. The van der Waals surface area contributed by atoms with Crippen LogP contribution in [0.3, 0.4) is 0 Å². The first-order valence-electron chi connectivity index (χ1n) is 5.62. The summed E-state index contributed by atoms with van der Waals surface area (Å²) < 4.78 is 0. The summed E-state index contributed by atoms with van der Waals surface area (Å²) in [5.41, 5.74) is 0.638. The molecule has 1 aromatic carbocycles. The normalized spacial score (nSPS) is 10.9. The minimum Gasteiger partial charge on any atom is -0.316 e. The molecule has 2 aromatic heterocycles. The Bertz CT molecular complexity index is 917. The van der Waals surface area contributed by atoms with Gasteiger partial charge in [-0.05, 0) is 23.8 Å². The van der Waals surface area contributed by atoms with Crippen molar-refractivity contribution in [3.63, 3.8) is 0 Å². The van der Waals surface area contributed by atoms with Gasteiger partial charge in [0.05, 0.1) is 21.1 Å². The zero-order valence-corrected chi connectivity index (χ0v) is 11.4. The fraction of sp³-hybridized carbons (Fsp3) is 0. The molecule has 0 unspecified atom stereocenters. The lowest BCUT2D eigenvalue weighted by Crippen LogP contribution is -2.29. The summed E-state index contributed by atoms with van der Waals surface area (Å²) in [7, 11) is 0. The van der Waals surface area contributed by atoms with E-state index < -0.39 is 11.1 Å². The molecule has 0 aliphatic heterocycles. The van der Waals surface area contributed by atoms with Crippen LogP contribution in [0.5, 0.6) is 0 Å². The molecule has 0 aliphatic rings. The molecule has 0 saturated heterocycles. The van der Waals surface area contributed by atoms with Gasteiger partial charge in [0.25, 0.3) is 0 Å². The highest BCUT2D eigenvalue weighted by molar-refractivity contribution is 6.45. The zero-order valence-electron chi connectivity index (χ0n) is 9.91. The van der Waals surface area contributed by atoms with E-state index in [4.69, 9.17) is 23.2 Å². The Kier molecular flexibility index (Phi) is 3.08. The van der Waals surface area contributed by atoms with Crippen molar-refractivity contribution >= 4 is 34.2 Å². The third-order valence-electron chi connectivity index (χ3n) is 2.88. The molecule has 5 nitrogen and oxygen atoms in total. The standard InChI is InChI=1S/C13H7Cl2N3O2/c14-7-5-8-11(18-13(20)12(19)17-8)9(10(7)15)6-1-3-16-4-2-6/h1-5H,(H,17,19)(H,18,20). The molecule has 0 atom stereocenters. The number of halogens is 2. The number of benzene rings is 1. The van der Waals surface area contributed by atoms with Crippen LogP contribution in [-0.4, -0.2) is 15.0 Å². The third-order valence-corrected chi connectivity index (χ3v) is 3.67. The largest absolute Gasteiger partial charge is 0.316 e. The van der Waals surface area contributed by atoms with Gasteiger partial charge in [-0.3, -0.25) is 14.6 Å². The molecule has 0 bridgehead atoms. The Morgan fingerprint density at radius 3 is 2.35 bits per heavy atom. The van der Waals surface area contributed by atoms with E-state index in [-0.39, 0.29) is 5.02 Å². The number of H-pyrrole nitrogens is 2. The van der Waals surface area contributed by atoms with Crippen LogP contribution in [0, 0.1) is 0 Å². The highest BCUT2D eigenvalue weighted by Gasteiger charge is 2.14. The van der Waals surface area contributed by atoms with Crippen LogP contribution < -0.4 is 11.1 Å². The van der Waals surface area contributed by atoms with Crippen molar-refractivity contribution in [2.45, 2.75) is 0 Å². The highest BCUT2D eigenvalue weighted by atomic mass is 35.5. The summed E-state index contributed by atoms with van der Waals surface area (Å²) >= 11 is 12.3. The number of nitrogens with zero attached hydrogens (tertiary/aromatic N) is 1. The molecule has 2 heterocycles. The molecule has 7 heteroatoms. The number of nitrogens with one attached hydrogen (secondary N) is 2. The number of pyridine rings is 1. The highest BCUT2D eigenvalue weighted by Crippen LogP contribution is 2.37. The van der Waals surface area contributed by atoms with E-state index in [1.807, 2.05) is 0 Å². The van der Waals surface area contributed by atoms with Crippen molar-refractivity contribution in [2.75, 3.05) is 0 Å². The van der Waals surface area contributed by atoms with Gasteiger partial charge in [-0.15, -0.1) is 0 Å². The monoisotopic (exact) mass is 307 g/mol. The van der Waals surface area contributed by atoms with Crippen molar-refractivity contribution < 1.29 is 0 Å². The predicted octanol–water partition coefficient (Wildman–Crippen LogP) is 2.59. The second-order valence-corrected chi connectivity index (χ2v) is 4.90. The Hall–Kier alpha value is -2.11. The molecule has 100 valence electrons. The van der Waals surface area contributed by atoms with Crippen LogP contribution in [0.4, 0.5) is 0 Å². The summed E-state index contributed by atoms with van der Waals surface area (Å²) in [6, 6.07) is 4.97. The summed E-state index contributed by atoms with van der Waals surface area (Å²) in [6.07, 6.45) is 3.20. The molecule has 2 N–H and O–H groups in total. The Morgan fingerprint density at radius 1 is 1.00 bits per heavy atom. The fourth-order valence-electron chi connectivity index (χ4n) is 1.99. The molecule has 0 amide bonds. The summed E-state index contributed by atoms with van der Waals surface area (Å²) in [6.45, 7) is 0. The second kappa shape index (κ2) is 4.77. The number of aromatic amines is 2. The molecule has 0 aliphatic carbocycles. The number of rotatable bonds is 1. The molecule has 3 aromatic rings. The van der Waals surface area contributed by atoms with Crippen molar-refractivity contribution in [3.8, 4) is 11.1 Å². The van der Waals surface area contributed by atoms with Crippen LogP contribution in [-0.2, 0) is 0 Å². The third kappa shape index (κ3) is 2.01. The van der Waals surface area contributed by atoms with Gasteiger partial charge in [-0.25, -0.2) is 0 Å². The van der Waals surface area contributed by atoms with Crippen LogP contribution in [0.25, 0.3) is 22.2 Å². The first-order valence-corrected chi connectivity index (χ1v) is 6.38. The van der Waals surface area contributed by atoms with E-state index >= 15 is 0 Å². The Balaban J connectivity index is 2.52. The van der Waals surface area contributed by atoms with Gasteiger partial charge in [-0.1, -0.05) is 23.2 Å². The molecular formula is C13H7Cl2N3O2. The van der Waals surface area contributed by atoms with Gasteiger partial charge in [0.1, 0.15) is 0 Å². The van der Waals surface area contributed by atoms with E-state index in [9.17, 15) is 9.59 Å². The SMILES string of the molecule is O=c1[nH]c2cc(Cl)c(Cl)c(-c3ccncc3)c2[nH]c1=O. The molecule has 0 fully saturated rings. The van der Waals surface area contributed by atoms with Crippen LogP contribution in [0.1, 0.15) is 0 Å². The van der Waals surface area contributed by atoms with E-state index in [1.165, 1.54) is 6.07 Å². The first-order chi connectivity index (χ1) is 9.58. The average molecular weight is 308 g/mol. The fourth-order valence-corrected chi connectivity index (χ4v) is 2.46. The number of aromatic nitrogens is 3. The Morgan fingerprint density at radius 2 is 1.65 bits per heavy atom. The van der Waals surface area contributed by atoms with Crippen molar-refractivity contribution in [3.05, 3.63) is 61.3 Å². The van der Waals surface area contributed by atoms with E-state index in [2.05, 4.69) is 15.0 Å². The molecule has 0 spiro atoms. The molecule has 0 radical (unpaired) electrons. The van der Waals surface area contributed by atoms with Gasteiger partial charge in [0, 0.05) is 18.0 Å². The Labute approximate surface area is 122 Å². The van der Waals surface area contributed by atoms with Crippen molar-refractivity contribution in [1.82, 2.24) is 15.0 Å². The van der Waals surface area contributed by atoms with E-state index in [1.54, 1.807) is 24.5 Å². The van der Waals surface area contributed by atoms with Crippen LogP contribution in [0.2, 0.25) is 10.0 Å². The predicted molar refractivity (Wildman–Crippen MR) is 78.4 cm³/mol. The summed E-state index contributed by atoms with van der Waals surface area (Å²) in [4.78, 5) is 31.9. The van der Waals surface area contributed by atoms with Crippen molar-refractivity contribution in [2.24, 2.45) is 0 Å². The minimum atomic E-state index is -0.744. The van der Waals surface area contributed by atoms with Gasteiger partial charge >= 0.3 is 11.1 Å². The summed E-state index contributed by atoms with van der Waals surface area (Å²) in [5.74, 6) is 0. The maximum absolute atomic E-state index is 11.5. The van der Waals surface area contributed by atoms with E-state index in [0.717, 1.165) is 5.56 Å². The molecule has 0 saturated carbocycles. The average Bonchev–Trinajstić information content (AvgIpc) is 2.44. The molecular weight excluding hydrogens is 301 g/mol. The quantitative estimate of drug-likeness (QED) is 0.678. The summed E-state index contributed by atoms with van der Waals surface area (Å²) in [5, 5.41) is 0.585. The van der Waals surface area contributed by atoms with Crippen LogP contribution in [0.15, 0.2) is 40.2 Å². The lowest BCUT2D eigenvalue weighted by molar-refractivity contribution is 1.15. The second-order valence-electron chi connectivity index (χ2n) is 4.11. The van der Waals surface area contributed by atoms with Gasteiger partial charge in [-0.2, -0.15) is 0 Å². The number of hydrogen-bond donors (Lipinski definition) is 2. The molecule has 20 heavy (non-hydrogen) atoms.